The van der Waals surface area contributed by atoms with Crippen molar-refractivity contribution in [3.8, 4) is 0 Å². The van der Waals surface area contributed by atoms with Gasteiger partial charge in [-0.3, -0.25) is 19.7 Å². The minimum Gasteiger partial charge on any atom is -0.450 e. The zero-order valence-electron chi connectivity index (χ0n) is 14.2. The van der Waals surface area contributed by atoms with Crippen LogP contribution in [0.3, 0.4) is 0 Å². The van der Waals surface area contributed by atoms with Crippen LogP contribution < -0.4 is 16.0 Å². The number of hydrogen-bond acceptors (Lipinski definition) is 7. The first-order valence-electron chi connectivity index (χ1n) is 7.91. The van der Waals surface area contributed by atoms with Gasteiger partial charge in [0.2, 0.25) is 5.91 Å². The number of alkyl carbamates (subject to hydrolysis) is 1. The highest BCUT2D eigenvalue weighted by Gasteiger charge is 2.20. The van der Waals surface area contributed by atoms with Crippen LogP contribution in [0.4, 0.5) is 15.5 Å². The summed E-state index contributed by atoms with van der Waals surface area (Å²) in [6, 6.07) is 6.49. The summed E-state index contributed by atoms with van der Waals surface area (Å²) in [4.78, 5) is 48.5. The normalized spacial score (nSPS) is 12.6. The number of benzene rings is 1. The van der Waals surface area contributed by atoms with Crippen molar-refractivity contribution in [2.45, 2.75) is 11.8 Å². The molecule has 0 atom stereocenters. The Kier molecular flexibility index (Phi) is 5.77. The van der Waals surface area contributed by atoms with E-state index in [9.17, 15) is 19.2 Å². The van der Waals surface area contributed by atoms with Crippen molar-refractivity contribution in [3.63, 3.8) is 0 Å². The van der Waals surface area contributed by atoms with Gasteiger partial charge in [-0.05, 0) is 36.6 Å². The van der Waals surface area contributed by atoms with Gasteiger partial charge in [0.05, 0.1) is 23.6 Å². The molecule has 3 rings (SSSR count). The van der Waals surface area contributed by atoms with Crippen LogP contribution in [0.1, 0.15) is 27.6 Å². The molecule has 1 aliphatic heterocycles. The second kappa shape index (κ2) is 8.23. The molecular weight excluding hydrogens is 390 g/mol. The molecule has 0 saturated carbocycles. The molecule has 4 amide bonds. The molecule has 10 heteroatoms. The molecule has 2 aromatic rings. The van der Waals surface area contributed by atoms with E-state index >= 15 is 0 Å². The van der Waals surface area contributed by atoms with Gasteiger partial charge in [-0.2, -0.15) is 0 Å². The van der Waals surface area contributed by atoms with Crippen molar-refractivity contribution >= 4 is 57.6 Å². The number of fused-ring (bicyclic) bond motifs is 1. The van der Waals surface area contributed by atoms with Gasteiger partial charge in [0, 0.05) is 10.5 Å². The largest absolute Gasteiger partial charge is 0.450 e. The molecule has 0 aliphatic carbocycles. The van der Waals surface area contributed by atoms with Gasteiger partial charge >= 0.3 is 6.09 Å². The van der Waals surface area contributed by atoms with E-state index in [2.05, 4.69) is 20.7 Å². The van der Waals surface area contributed by atoms with Crippen LogP contribution in [0.2, 0.25) is 0 Å². The molecule has 0 fully saturated rings. The molecular formula is C17H15N3O5S2. The Morgan fingerprint density at radius 3 is 2.81 bits per heavy atom. The second-order valence-electron chi connectivity index (χ2n) is 5.34. The molecule has 140 valence electrons. The zero-order valence-corrected chi connectivity index (χ0v) is 15.8. The lowest BCUT2D eigenvalue weighted by Gasteiger charge is -2.16. The summed E-state index contributed by atoms with van der Waals surface area (Å²) >= 11 is 2.55. The summed E-state index contributed by atoms with van der Waals surface area (Å²) in [7, 11) is 0. The van der Waals surface area contributed by atoms with Crippen molar-refractivity contribution in [2.24, 2.45) is 0 Å². The topological polar surface area (TPSA) is 114 Å². The van der Waals surface area contributed by atoms with E-state index in [0.29, 0.717) is 22.0 Å². The third-order valence-corrected chi connectivity index (χ3v) is 5.41. The van der Waals surface area contributed by atoms with Crippen molar-refractivity contribution in [3.05, 3.63) is 40.8 Å². The summed E-state index contributed by atoms with van der Waals surface area (Å²) in [6.07, 6.45) is -0.853. The number of carbonyl (C=O) groups excluding carboxylic acids is 4. The van der Waals surface area contributed by atoms with Crippen LogP contribution in [0, 0.1) is 0 Å². The first kappa shape index (κ1) is 18.9. The van der Waals surface area contributed by atoms with Gasteiger partial charge in [0.25, 0.3) is 11.8 Å². The molecule has 1 aromatic heterocycles. The number of imide groups is 1. The van der Waals surface area contributed by atoms with Crippen LogP contribution in [0.5, 0.6) is 0 Å². The predicted octanol–water partition coefficient (Wildman–Crippen LogP) is 2.93. The highest BCUT2D eigenvalue weighted by atomic mass is 32.2. The number of ether oxygens (including phenoxy) is 1. The average molecular weight is 405 g/mol. The number of anilines is 2. The van der Waals surface area contributed by atoms with Crippen molar-refractivity contribution in [1.82, 2.24) is 5.32 Å². The Hall–Kier alpha value is -2.85. The molecule has 2 heterocycles. The Morgan fingerprint density at radius 1 is 1.22 bits per heavy atom. The van der Waals surface area contributed by atoms with Gasteiger partial charge in [-0.1, -0.05) is 0 Å². The van der Waals surface area contributed by atoms with Crippen LogP contribution in [-0.4, -0.2) is 36.2 Å². The summed E-state index contributed by atoms with van der Waals surface area (Å²) < 4.78 is 4.67. The van der Waals surface area contributed by atoms with Gasteiger partial charge in [-0.25, -0.2) is 4.79 Å². The molecule has 0 radical (unpaired) electrons. The van der Waals surface area contributed by atoms with E-state index in [1.165, 1.54) is 17.8 Å². The lowest BCUT2D eigenvalue weighted by atomic mass is 10.1. The molecule has 1 aliphatic rings. The minimum absolute atomic E-state index is 0.124. The number of carbonyl (C=O) groups is 4. The van der Waals surface area contributed by atoms with Crippen LogP contribution in [0.25, 0.3) is 0 Å². The minimum atomic E-state index is -0.853. The van der Waals surface area contributed by atoms with E-state index in [-0.39, 0.29) is 18.1 Å². The Bertz CT molecular complexity index is 925. The quantitative estimate of drug-likeness (QED) is 0.721. The molecule has 0 bridgehead atoms. The van der Waals surface area contributed by atoms with Gasteiger partial charge < -0.3 is 15.4 Å². The van der Waals surface area contributed by atoms with E-state index in [1.807, 2.05) is 0 Å². The van der Waals surface area contributed by atoms with E-state index in [1.54, 1.807) is 30.5 Å². The highest BCUT2D eigenvalue weighted by Crippen LogP contribution is 2.32. The number of amides is 4. The maximum Gasteiger partial charge on any atom is 0.414 e. The fourth-order valence-corrected chi connectivity index (χ4v) is 3.88. The third-order valence-electron chi connectivity index (χ3n) is 3.50. The van der Waals surface area contributed by atoms with Crippen molar-refractivity contribution < 1.29 is 23.9 Å². The van der Waals surface area contributed by atoms with E-state index in [0.717, 1.165) is 16.2 Å². The SMILES string of the molecule is CCOC(=O)NC(=O)c1ccsc1NC(=O)c1ccc2c(c1)NC(=O)CS2. The van der Waals surface area contributed by atoms with E-state index in [4.69, 9.17) is 0 Å². The molecule has 0 unspecified atom stereocenters. The molecule has 3 N–H and O–H groups in total. The number of rotatable bonds is 4. The predicted molar refractivity (Wildman–Crippen MR) is 103 cm³/mol. The average Bonchev–Trinajstić information content (AvgIpc) is 3.09. The molecule has 8 nitrogen and oxygen atoms in total. The second-order valence-corrected chi connectivity index (χ2v) is 7.27. The van der Waals surface area contributed by atoms with Crippen LogP contribution in [0.15, 0.2) is 34.5 Å². The lowest BCUT2D eigenvalue weighted by molar-refractivity contribution is -0.113. The molecule has 0 spiro atoms. The van der Waals surface area contributed by atoms with E-state index < -0.39 is 17.9 Å². The first-order chi connectivity index (χ1) is 13.0. The first-order valence-corrected chi connectivity index (χ1v) is 9.78. The third kappa shape index (κ3) is 4.47. The number of hydrogen-bond donors (Lipinski definition) is 3. The zero-order chi connectivity index (χ0) is 19.4. The highest BCUT2D eigenvalue weighted by molar-refractivity contribution is 8.00. The van der Waals surface area contributed by atoms with Gasteiger partial charge in [0.15, 0.2) is 0 Å². The van der Waals surface area contributed by atoms with Crippen LogP contribution >= 0.6 is 23.1 Å². The summed E-state index contributed by atoms with van der Waals surface area (Å²) in [5.41, 5.74) is 1.07. The van der Waals surface area contributed by atoms with Gasteiger partial charge in [-0.15, -0.1) is 23.1 Å². The fraction of sp³-hybridized carbons (Fsp3) is 0.176. The molecule has 1 aromatic carbocycles. The Morgan fingerprint density at radius 2 is 2.04 bits per heavy atom. The maximum atomic E-state index is 12.5. The Labute approximate surface area is 162 Å². The molecule has 27 heavy (non-hydrogen) atoms. The summed E-state index contributed by atoms with van der Waals surface area (Å²) in [6.45, 7) is 1.76. The van der Waals surface area contributed by atoms with Crippen molar-refractivity contribution in [1.29, 1.82) is 0 Å². The lowest BCUT2D eigenvalue weighted by Crippen LogP contribution is -2.31. The number of nitrogens with one attached hydrogen (secondary N) is 3. The monoisotopic (exact) mass is 405 g/mol. The van der Waals surface area contributed by atoms with Crippen LogP contribution in [-0.2, 0) is 9.53 Å². The van der Waals surface area contributed by atoms with Crippen molar-refractivity contribution in [2.75, 3.05) is 23.0 Å². The standard InChI is InChI=1S/C17H15N3O5S2/c1-2-25-17(24)20-15(23)10-5-6-26-16(10)19-14(22)9-3-4-12-11(7-9)18-13(21)8-27-12/h3-7H,2,8H2,1H3,(H,18,21)(H,19,22)(H,20,23,24). The Balaban J connectivity index is 1.73. The number of thiophene rings is 1. The summed E-state index contributed by atoms with van der Waals surface area (Å²) in [5, 5.41) is 9.40. The fourth-order valence-electron chi connectivity index (χ4n) is 2.31. The maximum absolute atomic E-state index is 12.5. The summed E-state index contributed by atoms with van der Waals surface area (Å²) in [5.74, 6) is -0.886. The number of thioether (sulfide) groups is 1. The molecule has 0 saturated heterocycles. The van der Waals surface area contributed by atoms with Gasteiger partial charge in [0.1, 0.15) is 5.00 Å². The smallest absolute Gasteiger partial charge is 0.414 e.